The van der Waals surface area contributed by atoms with Crippen LogP contribution in [0.4, 0.5) is 4.39 Å². The minimum atomic E-state index is -1.13. The van der Waals surface area contributed by atoms with Gasteiger partial charge in [0.25, 0.3) is 0 Å². The molecule has 5 nitrogen and oxygen atoms in total. The fraction of sp³-hybridized carbons (Fsp3) is 0.429. The van der Waals surface area contributed by atoms with Crippen LogP contribution in [0.3, 0.4) is 0 Å². The van der Waals surface area contributed by atoms with Crippen molar-refractivity contribution >= 4 is 11.9 Å². The van der Waals surface area contributed by atoms with Gasteiger partial charge >= 0.3 is 5.97 Å². The lowest BCUT2D eigenvalue weighted by molar-refractivity contribution is -0.148. The molecule has 0 saturated carbocycles. The summed E-state index contributed by atoms with van der Waals surface area (Å²) in [6.45, 7) is 1.60. The number of nitrogens with one attached hydrogen (secondary N) is 1. The minimum Gasteiger partial charge on any atom is -0.479 e. The van der Waals surface area contributed by atoms with Crippen LogP contribution < -0.4 is 5.32 Å². The highest BCUT2D eigenvalue weighted by Gasteiger charge is 2.19. The Morgan fingerprint density at radius 2 is 2.15 bits per heavy atom. The van der Waals surface area contributed by atoms with Crippen molar-refractivity contribution in [3.05, 3.63) is 35.6 Å². The molecule has 110 valence electrons. The van der Waals surface area contributed by atoms with Crippen molar-refractivity contribution in [1.29, 1.82) is 0 Å². The molecule has 0 spiro atoms. The number of carboxylic acid groups (broad SMARTS) is 1. The molecule has 1 aromatic carbocycles. The van der Waals surface area contributed by atoms with Crippen molar-refractivity contribution < 1.29 is 23.8 Å². The molecule has 2 unspecified atom stereocenters. The Morgan fingerprint density at radius 3 is 2.70 bits per heavy atom. The fourth-order valence-electron chi connectivity index (χ4n) is 1.75. The van der Waals surface area contributed by atoms with Crippen LogP contribution in [-0.4, -0.2) is 36.7 Å². The number of aliphatic carboxylic acids is 1. The highest BCUT2D eigenvalue weighted by molar-refractivity contribution is 5.80. The largest absolute Gasteiger partial charge is 0.479 e. The Labute approximate surface area is 116 Å². The number of amides is 1. The van der Waals surface area contributed by atoms with E-state index in [1.54, 1.807) is 19.1 Å². The molecule has 0 aromatic heterocycles. The molecule has 20 heavy (non-hydrogen) atoms. The number of ether oxygens (including phenoxy) is 1. The van der Waals surface area contributed by atoms with Crippen molar-refractivity contribution in [2.75, 3.05) is 13.7 Å². The first-order valence-corrected chi connectivity index (χ1v) is 6.21. The lowest BCUT2D eigenvalue weighted by atomic mass is 10.0. The number of carbonyl (C=O) groups excluding carboxylic acids is 1. The summed E-state index contributed by atoms with van der Waals surface area (Å²) in [4.78, 5) is 22.5. The molecule has 1 amide bonds. The van der Waals surface area contributed by atoms with Crippen molar-refractivity contribution in [1.82, 2.24) is 5.32 Å². The number of carbonyl (C=O) groups is 2. The summed E-state index contributed by atoms with van der Waals surface area (Å²) in [6, 6.07) is 6.03. The molecule has 0 aliphatic heterocycles. The lowest BCUT2D eigenvalue weighted by Crippen LogP contribution is -2.40. The Hall–Kier alpha value is -1.95. The number of hydrogen-bond acceptors (Lipinski definition) is 3. The standard InChI is InChI=1S/C14H18FNO4/c1-9(6-10-4-3-5-11(15)7-10)13(17)16-8-12(20-2)14(18)19/h3-5,7,9,12H,6,8H2,1-2H3,(H,16,17)(H,18,19). The third-order valence-corrected chi connectivity index (χ3v) is 2.90. The van der Waals surface area contributed by atoms with Crippen molar-refractivity contribution in [3.8, 4) is 0 Å². The summed E-state index contributed by atoms with van der Waals surface area (Å²) in [6.07, 6.45) is -0.686. The van der Waals surface area contributed by atoms with E-state index < -0.39 is 12.1 Å². The molecule has 0 aliphatic rings. The van der Waals surface area contributed by atoms with Gasteiger partial charge in [0.05, 0.1) is 6.54 Å². The first kappa shape index (κ1) is 16.1. The zero-order valence-electron chi connectivity index (χ0n) is 11.4. The van der Waals surface area contributed by atoms with E-state index >= 15 is 0 Å². The van der Waals surface area contributed by atoms with Gasteiger partial charge in [-0.05, 0) is 24.1 Å². The summed E-state index contributed by atoms with van der Waals surface area (Å²) in [5.41, 5.74) is 0.717. The van der Waals surface area contributed by atoms with Gasteiger partial charge in [-0.25, -0.2) is 9.18 Å². The molecule has 0 saturated heterocycles. The van der Waals surface area contributed by atoms with Crippen LogP contribution in [0.5, 0.6) is 0 Å². The quantitative estimate of drug-likeness (QED) is 0.789. The summed E-state index contributed by atoms with van der Waals surface area (Å²) < 4.78 is 17.7. The van der Waals surface area contributed by atoms with E-state index in [1.807, 2.05) is 0 Å². The molecule has 0 bridgehead atoms. The maximum Gasteiger partial charge on any atom is 0.334 e. The van der Waals surface area contributed by atoms with Gasteiger partial charge in [-0.3, -0.25) is 4.79 Å². The third-order valence-electron chi connectivity index (χ3n) is 2.90. The molecule has 0 fully saturated rings. The molecule has 0 radical (unpaired) electrons. The van der Waals surface area contributed by atoms with Crippen molar-refractivity contribution in [2.24, 2.45) is 5.92 Å². The van der Waals surface area contributed by atoms with Crippen molar-refractivity contribution in [3.63, 3.8) is 0 Å². The molecule has 1 rings (SSSR count). The van der Waals surface area contributed by atoms with Crippen LogP contribution in [0.1, 0.15) is 12.5 Å². The summed E-state index contributed by atoms with van der Waals surface area (Å²) >= 11 is 0. The Morgan fingerprint density at radius 1 is 1.45 bits per heavy atom. The Balaban J connectivity index is 2.49. The zero-order chi connectivity index (χ0) is 15.1. The first-order chi connectivity index (χ1) is 9.43. The SMILES string of the molecule is COC(CNC(=O)C(C)Cc1cccc(F)c1)C(=O)O. The summed E-state index contributed by atoms with van der Waals surface area (Å²) in [5.74, 6) is -2.16. The van der Waals surface area contributed by atoms with Gasteiger partial charge in [-0.1, -0.05) is 19.1 Å². The maximum atomic E-state index is 13.0. The van der Waals surface area contributed by atoms with Crippen LogP contribution in [0.15, 0.2) is 24.3 Å². The van der Waals surface area contributed by atoms with E-state index in [0.717, 1.165) is 0 Å². The predicted octanol–water partition coefficient (Wildman–Crippen LogP) is 1.22. The highest BCUT2D eigenvalue weighted by atomic mass is 19.1. The zero-order valence-corrected chi connectivity index (χ0v) is 11.4. The van der Waals surface area contributed by atoms with Crippen LogP contribution in [0, 0.1) is 11.7 Å². The maximum absolute atomic E-state index is 13.0. The molecule has 2 N–H and O–H groups in total. The van der Waals surface area contributed by atoms with Crippen LogP contribution >= 0.6 is 0 Å². The topological polar surface area (TPSA) is 75.6 Å². The van der Waals surface area contributed by atoms with Gasteiger partial charge in [-0.15, -0.1) is 0 Å². The second-order valence-electron chi connectivity index (χ2n) is 4.54. The minimum absolute atomic E-state index is 0.0991. The van der Waals surface area contributed by atoms with Gasteiger partial charge < -0.3 is 15.2 Å². The van der Waals surface area contributed by atoms with Crippen LogP contribution in [-0.2, 0) is 20.7 Å². The van der Waals surface area contributed by atoms with E-state index in [0.29, 0.717) is 12.0 Å². The second-order valence-corrected chi connectivity index (χ2v) is 4.54. The number of hydrogen-bond donors (Lipinski definition) is 2. The fourth-order valence-corrected chi connectivity index (χ4v) is 1.75. The smallest absolute Gasteiger partial charge is 0.334 e. The van der Waals surface area contributed by atoms with Gasteiger partial charge in [0.15, 0.2) is 6.10 Å². The average Bonchev–Trinajstić information content (AvgIpc) is 2.38. The molecular formula is C14H18FNO4. The number of carboxylic acids is 1. The summed E-state index contributed by atoms with van der Waals surface area (Å²) in [5, 5.41) is 11.3. The van der Waals surface area contributed by atoms with E-state index in [2.05, 4.69) is 5.32 Å². The number of rotatable bonds is 7. The first-order valence-electron chi connectivity index (χ1n) is 6.21. The van der Waals surface area contributed by atoms with Gasteiger partial charge in [0.1, 0.15) is 5.82 Å². The van der Waals surface area contributed by atoms with E-state index in [1.165, 1.54) is 19.2 Å². The normalized spacial score (nSPS) is 13.6. The van der Waals surface area contributed by atoms with Gasteiger partial charge in [0.2, 0.25) is 5.91 Å². The number of methoxy groups -OCH3 is 1. The highest BCUT2D eigenvalue weighted by Crippen LogP contribution is 2.10. The van der Waals surface area contributed by atoms with Crippen LogP contribution in [0.2, 0.25) is 0 Å². The van der Waals surface area contributed by atoms with E-state index in [4.69, 9.17) is 9.84 Å². The van der Waals surface area contributed by atoms with Crippen LogP contribution in [0.25, 0.3) is 0 Å². The third kappa shape index (κ3) is 4.97. The number of benzene rings is 1. The number of halogens is 1. The van der Waals surface area contributed by atoms with Gasteiger partial charge in [0, 0.05) is 13.0 Å². The van der Waals surface area contributed by atoms with E-state index in [9.17, 15) is 14.0 Å². The molecule has 0 aliphatic carbocycles. The van der Waals surface area contributed by atoms with Crippen molar-refractivity contribution in [2.45, 2.75) is 19.4 Å². The molecule has 1 aromatic rings. The van der Waals surface area contributed by atoms with E-state index in [-0.39, 0.29) is 24.2 Å². The molecule has 6 heteroatoms. The molecule has 2 atom stereocenters. The molecule has 0 heterocycles. The lowest BCUT2D eigenvalue weighted by Gasteiger charge is -2.15. The predicted molar refractivity (Wildman–Crippen MR) is 70.7 cm³/mol. The monoisotopic (exact) mass is 283 g/mol. The second kappa shape index (κ2) is 7.59. The Bertz CT molecular complexity index is 478. The Kier molecular flexibility index (Phi) is 6.11. The van der Waals surface area contributed by atoms with Gasteiger partial charge in [-0.2, -0.15) is 0 Å². The summed E-state index contributed by atoms with van der Waals surface area (Å²) in [7, 11) is 1.26. The average molecular weight is 283 g/mol. The molecular weight excluding hydrogens is 265 g/mol.